The standard InChI is InChI=1S/C21H24ClN5OS/c1-4-27-19(12-23-17-7-5-16(22)6-8-17)25-26-21(27)29-13-20(28)24-18-10-14(2)9-15(3)11-18/h5-11,23H,4,12-13H2,1-3H3,(H,24,28). The lowest BCUT2D eigenvalue weighted by atomic mass is 10.1. The molecule has 0 atom stereocenters. The predicted molar refractivity (Wildman–Crippen MR) is 120 cm³/mol. The van der Waals surface area contributed by atoms with Crippen molar-refractivity contribution in [2.24, 2.45) is 0 Å². The summed E-state index contributed by atoms with van der Waals surface area (Å²) in [6.45, 7) is 7.33. The largest absolute Gasteiger partial charge is 0.378 e. The van der Waals surface area contributed by atoms with E-state index in [0.717, 1.165) is 40.0 Å². The van der Waals surface area contributed by atoms with Gasteiger partial charge >= 0.3 is 0 Å². The van der Waals surface area contributed by atoms with E-state index in [0.29, 0.717) is 11.6 Å². The Bertz CT molecular complexity index is 967. The Morgan fingerprint density at radius 2 is 1.76 bits per heavy atom. The third kappa shape index (κ3) is 5.98. The van der Waals surface area contributed by atoms with Gasteiger partial charge in [0.25, 0.3) is 0 Å². The third-order valence-electron chi connectivity index (χ3n) is 4.24. The van der Waals surface area contributed by atoms with Crippen molar-refractivity contribution in [3.63, 3.8) is 0 Å². The van der Waals surface area contributed by atoms with Crippen molar-refractivity contribution in [2.45, 2.75) is 39.0 Å². The molecule has 1 amide bonds. The molecule has 0 unspecified atom stereocenters. The zero-order valence-electron chi connectivity index (χ0n) is 16.7. The Morgan fingerprint density at radius 1 is 1.07 bits per heavy atom. The molecule has 0 aliphatic rings. The van der Waals surface area contributed by atoms with E-state index < -0.39 is 0 Å². The summed E-state index contributed by atoms with van der Waals surface area (Å²) in [6.07, 6.45) is 0. The molecular weight excluding hydrogens is 406 g/mol. The van der Waals surface area contributed by atoms with E-state index in [1.54, 1.807) is 0 Å². The second kappa shape index (κ2) is 9.80. The first kappa shape index (κ1) is 21.2. The minimum absolute atomic E-state index is 0.0634. The molecule has 2 aromatic carbocycles. The highest BCUT2D eigenvalue weighted by atomic mass is 35.5. The van der Waals surface area contributed by atoms with Gasteiger partial charge in [0.2, 0.25) is 5.91 Å². The molecule has 2 N–H and O–H groups in total. The van der Waals surface area contributed by atoms with Crippen molar-refractivity contribution in [1.29, 1.82) is 0 Å². The van der Waals surface area contributed by atoms with Crippen LogP contribution in [0.5, 0.6) is 0 Å². The highest BCUT2D eigenvalue weighted by molar-refractivity contribution is 7.99. The van der Waals surface area contributed by atoms with Gasteiger partial charge < -0.3 is 15.2 Å². The summed E-state index contributed by atoms with van der Waals surface area (Å²) in [5, 5.41) is 16.2. The van der Waals surface area contributed by atoms with Crippen LogP contribution in [0, 0.1) is 13.8 Å². The van der Waals surface area contributed by atoms with E-state index in [1.807, 2.05) is 61.7 Å². The number of hydrogen-bond acceptors (Lipinski definition) is 5. The van der Waals surface area contributed by atoms with Crippen LogP contribution in [0.3, 0.4) is 0 Å². The summed E-state index contributed by atoms with van der Waals surface area (Å²) in [7, 11) is 0. The molecule has 0 aliphatic heterocycles. The van der Waals surface area contributed by atoms with Gasteiger partial charge in [0, 0.05) is 22.9 Å². The molecule has 3 aromatic rings. The summed E-state index contributed by atoms with van der Waals surface area (Å²) in [5.74, 6) is 1.03. The third-order valence-corrected chi connectivity index (χ3v) is 5.46. The molecule has 0 aliphatic carbocycles. The van der Waals surface area contributed by atoms with Gasteiger partial charge in [-0.3, -0.25) is 4.79 Å². The van der Waals surface area contributed by atoms with E-state index in [-0.39, 0.29) is 11.7 Å². The molecule has 1 aromatic heterocycles. The van der Waals surface area contributed by atoms with Crippen LogP contribution in [0.25, 0.3) is 0 Å². The molecule has 3 rings (SSSR count). The van der Waals surface area contributed by atoms with Gasteiger partial charge in [-0.1, -0.05) is 29.4 Å². The van der Waals surface area contributed by atoms with Crippen molar-refractivity contribution in [1.82, 2.24) is 14.8 Å². The van der Waals surface area contributed by atoms with E-state index in [2.05, 4.69) is 26.9 Å². The Labute approximate surface area is 180 Å². The van der Waals surface area contributed by atoms with Crippen LogP contribution in [0.1, 0.15) is 23.9 Å². The number of carbonyl (C=O) groups excluding carboxylic acids is 1. The molecule has 1 heterocycles. The van der Waals surface area contributed by atoms with Gasteiger partial charge in [-0.2, -0.15) is 0 Å². The highest BCUT2D eigenvalue weighted by Crippen LogP contribution is 2.20. The van der Waals surface area contributed by atoms with E-state index in [1.165, 1.54) is 11.8 Å². The van der Waals surface area contributed by atoms with Gasteiger partial charge in [-0.05, 0) is 68.3 Å². The SMILES string of the molecule is CCn1c(CNc2ccc(Cl)cc2)nnc1SCC(=O)Nc1cc(C)cc(C)c1. The minimum atomic E-state index is -0.0634. The molecule has 8 heteroatoms. The van der Waals surface area contributed by atoms with Gasteiger partial charge in [0.1, 0.15) is 0 Å². The minimum Gasteiger partial charge on any atom is -0.378 e. The Morgan fingerprint density at radius 3 is 2.41 bits per heavy atom. The smallest absolute Gasteiger partial charge is 0.234 e. The van der Waals surface area contributed by atoms with Crippen LogP contribution in [-0.4, -0.2) is 26.4 Å². The number of aromatic nitrogens is 3. The van der Waals surface area contributed by atoms with Crippen molar-refractivity contribution >= 4 is 40.6 Å². The molecule has 152 valence electrons. The van der Waals surface area contributed by atoms with Gasteiger partial charge in [0.15, 0.2) is 11.0 Å². The van der Waals surface area contributed by atoms with Crippen molar-refractivity contribution in [3.8, 4) is 0 Å². The van der Waals surface area contributed by atoms with Crippen LogP contribution in [0.4, 0.5) is 11.4 Å². The maximum absolute atomic E-state index is 12.3. The van der Waals surface area contributed by atoms with E-state index >= 15 is 0 Å². The lowest BCUT2D eigenvalue weighted by Crippen LogP contribution is -2.15. The molecule has 0 saturated carbocycles. The summed E-state index contributed by atoms with van der Waals surface area (Å²) < 4.78 is 2.01. The molecule has 0 spiro atoms. The first-order chi connectivity index (χ1) is 13.9. The number of anilines is 2. The van der Waals surface area contributed by atoms with E-state index in [9.17, 15) is 4.79 Å². The van der Waals surface area contributed by atoms with Gasteiger partial charge in [-0.15, -0.1) is 10.2 Å². The van der Waals surface area contributed by atoms with Crippen LogP contribution in [-0.2, 0) is 17.9 Å². The molecule has 29 heavy (non-hydrogen) atoms. The summed E-state index contributed by atoms with van der Waals surface area (Å²) in [6, 6.07) is 13.5. The molecule has 6 nitrogen and oxygen atoms in total. The molecule has 0 saturated heterocycles. The lowest BCUT2D eigenvalue weighted by molar-refractivity contribution is -0.113. The Balaban J connectivity index is 1.58. The number of halogens is 1. The maximum atomic E-state index is 12.3. The quantitative estimate of drug-likeness (QED) is 0.498. The zero-order chi connectivity index (χ0) is 20.8. The number of benzene rings is 2. The topological polar surface area (TPSA) is 71.8 Å². The molecule has 0 bridgehead atoms. The van der Waals surface area contributed by atoms with Crippen LogP contribution in [0.2, 0.25) is 5.02 Å². The number of thioether (sulfide) groups is 1. The molecule has 0 fully saturated rings. The summed E-state index contributed by atoms with van der Waals surface area (Å²) in [4.78, 5) is 12.3. The molecule has 0 radical (unpaired) electrons. The second-order valence-electron chi connectivity index (χ2n) is 6.72. The predicted octanol–water partition coefficient (Wildman–Crippen LogP) is 4.91. The fourth-order valence-electron chi connectivity index (χ4n) is 3.00. The van der Waals surface area contributed by atoms with Crippen molar-refractivity contribution < 1.29 is 4.79 Å². The monoisotopic (exact) mass is 429 g/mol. The second-order valence-corrected chi connectivity index (χ2v) is 8.10. The Kier molecular flexibility index (Phi) is 7.17. The van der Waals surface area contributed by atoms with Crippen molar-refractivity contribution in [3.05, 3.63) is 64.4 Å². The van der Waals surface area contributed by atoms with Crippen molar-refractivity contribution in [2.75, 3.05) is 16.4 Å². The van der Waals surface area contributed by atoms with Gasteiger partial charge in [0.05, 0.1) is 12.3 Å². The lowest BCUT2D eigenvalue weighted by Gasteiger charge is -2.10. The number of nitrogens with zero attached hydrogens (tertiary/aromatic N) is 3. The van der Waals surface area contributed by atoms with Crippen LogP contribution >= 0.6 is 23.4 Å². The number of hydrogen-bond donors (Lipinski definition) is 2. The Hall–Kier alpha value is -2.51. The summed E-state index contributed by atoms with van der Waals surface area (Å²) >= 11 is 7.30. The highest BCUT2D eigenvalue weighted by Gasteiger charge is 2.13. The van der Waals surface area contributed by atoms with Gasteiger partial charge in [-0.25, -0.2) is 0 Å². The first-order valence-electron chi connectivity index (χ1n) is 9.37. The maximum Gasteiger partial charge on any atom is 0.234 e. The average Bonchev–Trinajstić information content (AvgIpc) is 3.07. The van der Waals surface area contributed by atoms with E-state index in [4.69, 9.17) is 11.6 Å². The fraction of sp³-hybridized carbons (Fsp3) is 0.286. The number of amides is 1. The number of carbonyl (C=O) groups is 1. The first-order valence-corrected chi connectivity index (χ1v) is 10.7. The van der Waals surface area contributed by atoms with Crippen LogP contribution < -0.4 is 10.6 Å². The zero-order valence-corrected chi connectivity index (χ0v) is 18.3. The number of rotatable bonds is 8. The molecular formula is C21H24ClN5OS. The summed E-state index contributed by atoms with van der Waals surface area (Å²) in [5.41, 5.74) is 4.02. The normalized spacial score (nSPS) is 10.8. The number of nitrogens with one attached hydrogen (secondary N) is 2. The van der Waals surface area contributed by atoms with Crippen LogP contribution in [0.15, 0.2) is 47.6 Å². The fourth-order valence-corrected chi connectivity index (χ4v) is 3.94. The number of aryl methyl sites for hydroxylation is 2. The average molecular weight is 430 g/mol.